The van der Waals surface area contributed by atoms with Crippen LogP contribution in [0.15, 0.2) is 29.0 Å². The smallest absolute Gasteiger partial charge is 0.255 e. The van der Waals surface area contributed by atoms with Gasteiger partial charge in [-0.1, -0.05) is 0 Å². The summed E-state index contributed by atoms with van der Waals surface area (Å²) in [4.78, 5) is 26.4. The molecule has 1 saturated heterocycles. The molecule has 1 aliphatic heterocycles. The number of ketones is 1. The van der Waals surface area contributed by atoms with Gasteiger partial charge in [-0.15, -0.1) is 0 Å². The fourth-order valence-corrected chi connectivity index (χ4v) is 4.48. The van der Waals surface area contributed by atoms with E-state index in [1.807, 2.05) is 16.8 Å². The van der Waals surface area contributed by atoms with E-state index in [-0.39, 0.29) is 30.1 Å². The van der Waals surface area contributed by atoms with Crippen LogP contribution in [0.1, 0.15) is 40.0 Å². The molecular weight excluding hydrogens is 440 g/mol. The van der Waals surface area contributed by atoms with Gasteiger partial charge in [-0.25, -0.2) is 0 Å². The number of amides is 1. The van der Waals surface area contributed by atoms with Crippen molar-refractivity contribution in [3.63, 3.8) is 0 Å². The van der Waals surface area contributed by atoms with Crippen LogP contribution in [0, 0.1) is 0 Å². The number of thiophene rings is 1. The topological polar surface area (TPSA) is 78.3 Å². The first-order valence-corrected chi connectivity index (χ1v) is 11.0. The molecule has 0 unspecified atom stereocenters. The van der Waals surface area contributed by atoms with Crippen molar-refractivity contribution in [1.29, 1.82) is 0 Å². The van der Waals surface area contributed by atoms with Gasteiger partial charge in [0.25, 0.3) is 5.91 Å². The number of nitrogens with one attached hydrogen (secondary N) is 2. The summed E-state index contributed by atoms with van der Waals surface area (Å²) in [5, 5.41) is 6.95. The molecule has 1 fully saturated rings. The second-order valence-corrected chi connectivity index (χ2v) is 8.09. The first-order chi connectivity index (χ1) is 14.6. The van der Waals surface area contributed by atoms with Crippen molar-refractivity contribution in [2.75, 3.05) is 41.0 Å². The minimum absolute atomic E-state index is 0. The fraction of sp³-hybridized carbons (Fsp3) is 0.455. The summed E-state index contributed by atoms with van der Waals surface area (Å²) in [6.07, 6.45) is 2.32. The Morgan fingerprint density at radius 2 is 1.77 bits per heavy atom. The molecule has 2 aromatic rings. The van der Waals surface area contributed by atoms with Crippen LogP contribution in [0.3, 0.4) is 0 Å². The maximum atomic E-state index is 12.9. The lowest BCUT2D eigenvalue weighted by molar-refractivity contribution is -0.904. The number of Topliss-reactive ketones (excluding diaryl/α,β-unsaturated/α-hetero) is 1. The molecule has 2 N–H and O–H groups in total. The van der Waals surface area contributed by atoms with E-state index in [4.69, 9.17) is 14.2 Å². The van der Waals surface area contributed by atoms with Gasteiger partial charge >= 0.3 is 0 Å². The predicted octanol–water partition coefficient (Wildman–Crippen LogP) is -1.17. The molecule has 1 aromatic carbocycles. The normalized spacial score (nSPS) is 17.9. The van der Waals surface area contributed by atoms with Crippen molar-refractivity contribution >= 4 is 23.0 Å². The molecule has 170 valence electrons. The molecule has 0 spiro atoms. The summed E-state index contributed by atoms with van der Waals surface area (Å²) in [7, 11) is 4.57. The lowest BCUT2D eigenvalue weighted by Crippen LogP contribution is -3.13. The van der Waals surface area contributed by atoms with Gasteiger partial charge in [0.1, 0.15) is 0 Å². The molecule has 0 aliphatic carbocycles. The molecule has 7 nitrogen and oxygen atoms in total. The highest BCUT2D eigenvalue weighted by Gasteiger charge is 2.27. The number of carbonyl (C=O) groups excluding carboxylic acids is 2. The second-order valence-electron chi connectivity index (χ2n) is 7.31. The highest BCUT2D eigenvalue weighted by molar-refractivity contribution is 7.08. The zero-order valence-corrected chi connectivity index (χ0v) is 19.6. The van der Waals surface area contributed by atoms with Crippen molar-refractivity contribution in [3.05, 3.63) is 40.1 Å². The van der Waals surface area contributed by atoms with Crippen molar-refractivity contribution in [1.82, 2.24) is 5.32 Å². The van der Waals surface area contributed by atoms with Crippen LogP contribution in [0.4, 0.5) is 0 Å². The van der Waals surface area contributed by atoms with Crippen LogP contribution < -0.4 is 36.8 Å². The summed E-state index contributed by atoms with van der Waals surface area (Å²) in [6.45, 7) is 2.70. The maximum absolute atomic E-state index is 12.9. The molecule has 2 heterocycles. The Labute approximate surface area is 193 Å². The molecule has 3 rings (SSSR count). The van der Waals surface area contributed by atoms with E-state index < -0.39 is 0 Å². The zero-order valence-electron chi connectivity index (χ0n) is 18.0. The van der Waals surface area contributed by atoms with E-state index in [1.165, 1.54) is 19.1 Å². The molecule has 1 amide bonds. The number of hydrogen-bond acceptors (Lipinski definition) is 6. The minimum Gasteiger partial charge on any atom is -1.00 e. The van der Waals surface area contributed by atoms with Crippen LogP contribution in [0.2, 0.25) is 0 Å². The molecule has 0 saturated carbocycles. The van der Waals surface area contributed by atoms with Gasteiger partial charge < -0.3 is 36.8 Å². The third-order valence-electron chi connectivity index (χ3n) is 5.53. The highest BCUT2D eigenvalue weighted by atomic mass is 35.5. The highest BCUT2D eigenvalue weighted by Crippen LogP contribution is 2.39. The maximum Gasteiger partial charge on any atom is 0.255 e. The summed E-state index contributed by atoms with van der Waals surface area (Å²) in [5.41, 5.74) is 1.23. The van der Waals surface area contributed by atoms with Crippen LogP contribution in [-0.4, -0.2) is 58.7 Å². The van der Waals surface area contributed by atoms with Crippen molar-refractivity contribution < 1.29 is 41.1 Å². The van der Waals surface area contributed by atoms with E-state index in [2.05, 4.69) is 5.32 Å². The van der Waals surface area contributed by atoms with Crippen molar-refractivity contribution in [2.45, 2.75) is 25.3 Å². The third kappa shape index (κ3) is 6.12. The second kappa shape index (κ2) is 11.9. The number of carbonyl (C=O) groups is 2. The van der Waals surface area contributed by atoms with E-state index in [0.717, 1.165) is 38.0 Å². The van der Waals surface area contributed by atoms with Gasteiger partial charge in [0.05, 0.1) is 52.9 Å². The molecule has 31 heavy (non-hydrogen) atoms. The lowest BCUT2D eigenvalue weighted by Gasteiger charge is -2.29. The first kappa shape index (κ1) is 25.0. The van der Waals surface area contributed by atoms with E-state index in [1.54, 1.807) is 30.6 Å². The Bertz CT molecular complexity index is 867. The van der Waals surface area contributed by atoms with Gasteiger partial charge in [0, 0.05) is 29.8 Å². The van der Waals surface area contributed by atoms with Gasteiger partial charge in [-0.3, -0.25) is 9.59 Å². The van der Waals surface area contributed by atoms with Gasteiger partial charge in [-0.2, -0.15) is 11.3 Å². The number of halogens is 1. The van der Waals surface area contributed by atoms with E-state index in [0.29, 0.717) is 29.2 Å². The Balaban J connectivity index is 0.00000341. The average molecular weight is 469 g/mol. The van der Waals surface area contributed by atoms with E-state index in [9.17, 15) is 9.59 Å². The Kier molecular flexibility index (Phi) is 9.61. The quantitative estimate of drug-likeness (QED) is 0.453. The summed E-state index contributed by atoms with van der Waals surface area (Å²) in [5.74, 6) is 1.31. The Morgan fingerprint density at radius 1 is 1.06 bits per heavy atom. The average Bonchev–Trinajstić information content (AvgIpc) is 3.32. The number of benzene rings is 1. The standard InChI is InChI=1S/C22H28N2O5S.ClH/c1-27-19-5-4-17(20(28-2)21(19)29-3)22(26)23-16-6-10-24(11-7-16)12-8-18(25)15-9-13-30-14-15;/h4-5,9,13-14,16H,6-8,10-12H2,1-3H3,(H,23,26);1H. The Hall–Kier alpha value is -2.29. The van der Waals surface area contributed by atoms with Gasteiger partial charge in [0.2, 0.25) is 5.75 Å². The number of likely N-dealkylation sites (tertiary alicyclic amines) is 1. The Morgan fingerprint density at radius 3 is 2.35 bits per heavy atom. The SMILES string of the molecule is COc1ccc(C(=O)NC2CC[NH+](CCC(=O)c3ccsc3)CC2)c(OC)c1OC.[Cl-]. The summed E-state index contributed by atoms with van der Waals surface area (Å²) in [6, 6.07) is 5.37. The number of hydrogen-bond donors (Lipinski definition) is 2. The minimum atomic E-state index is -0.186. The van der Waals surface area contributed by atoms with Crippen LogP contribution in [-0.2, 0) is 0 Å². The molecule has 1 aromatic heterocycles. The first-order valence-electron chi connectivity index (χ1n) is 10.1. The number of quaternary nitrogens is 1. The van der Waals surface area contributed by atoms with Gasteiger partial charge in [-0.05, 0) is 23.6 Å². The van der Waals surface area contributed by atoms with Crippen LogP contribution in [0.25, 0.3) is 0 Å². The number of piperidine rings is 1. The molecule has 9 heteroatoms. The zero-order chi connectivity index (χ0) is 21.5. The predicted molar refractivity (Wildman–Crippen MR) is 115 cm³/mol. The van der Waals surface area contributed by atoms with Crippen molar-refractivity contribution in [2.24, 2.45) is 0 Å². The fourth-order valence-electron chi connectivity index (χ4n) is 3.82. The van der Waals surface area contributed by atoms with Crippen molar-refractivity contribution in [3.8, 4) is 17.2 Å². The monoisotopic (exact) mass is 468 g/mol. The lowest BCUT2D eigenvalue weighted by atomic mass is 10.0. The van der Waals surface area contributed by atoms with E-state index >= 15 is 0 Å². The molecule has 0 bridgehead atoms. The molecule has 0 atom stereocenters. The largest absolute Gasteiger partial charge is 1.00 e. The summed E-state index contributed by atoms with van der Waals surface area (Å²) < 4.78 is 16.1. The third-order valence-corrected chi connectivity index (χ3v) is 6.21. The van der Waals surface area contributed by atoms with Gasteiger partial charge in [0.15, 0.2) is 17.3 Å². The number of methoxy groups -OCH3 is 3. The molecule has 1 aliphatic rings. The van der Waals surface area contributed by atoms with Crippen LogP contribution >= 0.6 is 11.3 Å². The molecule has 0 radical (unpaired) electrons. The number of ether oxygens (including phenoxy) is 3. The molecular formula is C22H29ClN2O5S. The van der Waals surface area contributed by atoms with Crippen LogP contribution in [0.5, 0.6) is 17.2 Å². The number of rotatable bonds is 9. The summed E-state index contributed by atoms with van der Waals surface area (Å²) >= 11 is 1.55.